The molecule has 0 spiro atoms. The number of aryl methyl sites for hydroxylation is 1. The first kappa shape index (κ1) is 16.2. The third kappa shape index (κ3) is 4.15. The summed E-state index contributed by atoms with van der Waals surface area (Å²) in [5, 5.41) is 2.83. The molecule has 0 bridgehead atoms. The molecule has 0 aromatic heterocycles. The highest BCUT2D eigenvalue weighted by Gasteiger charge is 2.17. The van der Waals surface area contributed by atoms with Crippen molar-refractivity contribution in [2.45, 2.75) is 32.4 Å². The van der Waals surface area contributed by atoms with Crippen LogP contribution in [0.25, 0.3) is 0 Å². The minimum atomic E-state index is -0.625. The highest BCUT2D eigenvalue weighted by Crippen LogP contribution is 2.16. The van der Waals surface area contributed by atoms with Crippen molar-refractivity contribution in [1.29, 1.82) is 0 Å². The molecule has 2 aromatic carbocycles. The lowest BCUT2D eigenvalue weighted by Crippen LogP contribution is -2.43. The quantitative estimate of drug-likeness (QED) is 0.892. The van der Waals surface area contributed by atoms with Crippen LogP contribution in [0.3, 0.4) is 0 Å². The van der Waals surface area contributed by atoms with E-state index < -0.39 is 6.04 Å². The first-order valence-electron chi connectivity index (χ1n) is 7.33. The monoisotopic (exact) mass is 300 g/mol. The Kier molecular flexibility index (Phi) is 5.28. The lowest BCUT2D eigenvalue weighted by atomic mass is 10.0. The summed E-state index contributed by atoms with van der Waals surface area (Å²) >= 11 is 0. The Morgan fingerprint density at radius 1 is 1.23 bits per heavy atom. The molecule has 0 fully saturated rings. The van der Waals surface area contributed by atoms with Crippen LogP contribution in [0.5, 0.6) is 0 Å². The van der Waals surface area contributed by atoms with Crippen LogP contribution in [-0.2, 0) is 11.2 Å². The molecular formula is C18H21FN2O. The number of carbonyl (C=O) groups is 1. The molecule has 2 aromatic rings. The van der Waals surface area contributed by atoms with Crippen molar-refractivity contribution in [2.24, 2.45) is 5.73 Å². The number of amides is 1. The molecule has 0 aliphatic carbocycles. The molecule has 2 atom stereocenters. The van der Waals surface area contributed by atoms with Crippen molar-refractivity contribution < 1.29 is 9.18 Å². The summed E-state index contributed by atoms with van der Waals surface area (Å²) in [5.74, 6) is -0.510. The van der Waals surface area contributed by atoms with Gasteiger partial charge in [0, 0.05) is 0 Å². The van der Waals surface area contributed by atoms with E-state index in [1.54, 1.807) is 13.0 Å². The van der Waals surface area contributed by atoms with Crippen LogP contribution in [0, 0.1) is 12.7 Å². The minimum Gasteiger partial charge on any atom is -0.348 e. The van der Waals surface area contributed by atoms with Gasteiger partial charge in [0.2, 0.25) is 5.91 Å². The maximum atomic E-state index is 13.6. The van der Waals surface area contributed by atoms with E-state index in [1.165, 1.54) is 6.07 Å². The van der Waals surface area contributed by atoms with Crippen LogP contribution >= 0.6 is 0 Å². The predicted molar refractivity (Wildman–Crippen MR) is 85.8 cm³/mol. The zero-order valence-corrected chi connectivity index (χ0v) is 12.8. The molecule has 0 saturated heterocycles. The highest BCUT2D eigenvalue weighted by molar-refractivity contribution is 5.82. The van der Waals surface area contributed by atoms with Gasteiger partial charge >= 0.3 is 0 Å². The molecule has 3 N–H and O–H groups in total. The van der Waals surface area contributed by atoms with Gasteiger partial charge in [-0.25, -0.2) is 4.39 Å². The van der Waals surface area contributed by atoms with Crippen molar-refractivity contribution >= 4 is 5.91 Å². The molecule has 0 radical (unpaired) electrons. The molecule has 116 valence electrons. The summed E-state index contributed by atoms with van der Waals surface area (Å²) in [4.78, 5) is 12.2. The van der Waals surface area contributed by atoms with E-state index in [0.29, 0.717) is 12.0 Å². The summed E-state index contributed by atoms with van der Waals surface area (Å²) < 4.78 is 13.6. The molecule has 2 rings (SSSR count). The van der Waals surface area contributed by atoms with Gasteiger partial charge in [0.15, 0.2) is 0 Å². The van der Waals surface area contributed by atoms with Crippen molar-refractivity contribution in [2.75, 3.05) is 0 Å². The van der Waals surface area contributed by atoms with Gasteiger partial charge in [-0.05, 0) is 43.0 Å². The second kappa shape index (κ2) is 7.18. The number of benzene rings is 2. The molecule has 1 unspecified atom stereocenters. The van der Waals surface area contributed by atoms with E-state index in [4.69, 9.17) is 5.73 Å². The predicted octanol–water partition coefficient (Wildman–Crippen LogP) is 2.88. The van der Waals surface area contributed by atoms with Gasteiger partial charge in [0.1, 0.15) is 5.82 Å². The second-order valence-corrected chi connectivity index (χ2v) is 5.54. The van der Waals surface area contributed by atoms with Gasteiger partial charge in [-0.1, -0.05) is 42.5 Å². The maximum absolute atomic E-state index is 13.6. The minimum absolute atomic E-state index is 0.239. The van der Waals surface area contributed by atoms with E-state index in [2.05, 4.69) is 5.32 Å². The fraction of sp³-hybridized carbons (Fsp3) is 0.278. The molecule has 0 aliphatic heterocycles. The number of rotatable bonds is 5. The van der Waals surface area contributed by atoms with Crippen molar-refractivity contribution in [3.63, 3.8) is 0 Å². The molecule has 0 heterocycles. The van der Waals surface area contributed by atoms with Crippen LogP contribution in [0.2, 0.25) is 0 Å². The zero-order chi connectivity index (χ0) is 16.1. The van der Waals surface area contributed by atoms with Crippen LogP contribution in [0.15, 0.2) is 48.5 Å². The van der Waals surface area contributed by atoms with Crippen LogP contribution in [0.4, 0.5) is 4.39 Å². The Labute approximate surface area is 130 Å². The first-order chi connectivity index (χ1) is 10.5. The molecular weight excluding hydrogens is 279 g/mol. The Morgan fingerprint density at radius 3 is 2.55 bits per heavy atom. The summed E-state index contributed by atoms with van der Waals surface area (Å²) in [6.07, 6.45) is 0.474. The van der Waals surface area contributed by atoms with Gasteiger partial charge in [-0.2, -0.15) is 0 Å². The number of carbonyl (C=O) groups excluding carboxylic acids is 1. The van der Waals surface area contributed by atoms with Gasteiger partial charge in [-0.15, -0.1) is 0 Å². The average Bonchev–Trinajstić information content (AvgIpc) is 2.50. The van der Waals surface area contributed by atoms with Crippen molar-refractivity contribution in [1.82, 2.24) is 5.32 Å². The van der Waals surface area contributed by atoms with Gasteiger partial charge in [0.25, 0.3) is 0 Å². The summed E-state index contributed by atoms with van der Waals surface area (Å²) in [5.41, 5.74) is 8.27. The normalized spacial score (nSPS) is 13.5. The SMILES string of the molecule is Cc1ccc(C(C)NC(=O)[C@@H](N)Cc2ccccc2)cc1F. The standard InChI is InChI=1S/C18H21FN2O/c1-12-8-9-15(11-16(12)19)13(2)21-18(22)17(20)10-14-6-4-3-5-7-14/h3-9,11,13,17H,10,20H2,1-2H3,(H,21,22)/t13?,17-/m0/s1. The zero-order valence-electron chi connectivity index (χ0n) is 12.8. The van der Waals surface area contributed by atoms with E-state index in [1.807, 2.05) is 43.3 Å². The molecule has 0 aliphatic rings. The number of nitrogens with two attached hydrogens (primary N) is 1. The van der Waals surface area contributed by atoms with Gasteiger partial charge < -0.3 is 11.1 Å². The molecule has 1 amide bonds. The van der Waals surface area contributed by atoms with E-state index in [-0.39, 0.29) is 17.8 Å². The van der Waals surface area contributed by atoms with Gasteiger partial charge in [0.05, 0.1) is 12.1 Å². The lowest BCUT2D eigenvalue weighted by molar-refractivity contribution is -0.123. The van der Waals surface area contributed by atoms with E-state index in [0.717, 1.165) is 11.1 Å². The summed E-state index contributed by atoms with van der Waals surface area (Å²) in [6.45, 7) is 3.52. The average molecular weight is 300 g/mol. The van der Waals surface area contributed by atoms with Crippen LogP contribution in [-0.4, -0.2) is 11.9 Å². The lowest BCUT2D eigenvalue weighted by Gasteiger charge is -2.18. The number of hydrogen-bond donors (Lipinski definition) is 2. The van der Waals surface area contributed by atoms with E-state index >= 15 is 0 Å². The Bertz CT molecular complexity index is 643. The number of nitrogens with one attached hydrogen (secondary N) is 1. The highest BCUT2D eigenvalue weighted by atomic mass is 19.1. The van der Waals surface area contributed by atoms with E-state index in [9.17, 15) is 9.18 Å². The Balaban J connectivity index is 1.96. The van der Waals surface area contributed by atoms with Crippen LogP contribution in [0.1, 0.15) is 29.7 Å². The smallest absolute Gasteiger partial charge is 0.237 e. The molecule has 3 nitrogen and oxygen atoms in total. The van der Waals surface area contributed by atoms with Crippen LogP contribution < -0.4 is 11.1 Å². The van der Waals surface area contributed by atoms with Crippen molar-refractivity contribution in [3.05, 3.63) is 71.0 Å². The maximum Gasteiger partial charge on any atom is 0.237 e. The van der Waals surface area contributed by atoms with Gasteiger partial charge in [-0.3, -0.25) is 4.79 Å². The third-order valence-corrected chi connectivity index (χ3v) is 3.69. The topological polar surface area (TPSA) is 55.1 Å². The van der Waals surface area contributed by atoms with Crippen molar-refractivity contribution in [3.8, 4) is 0 Å². The fourth-order valence-electron chi connectivity index (χ4n) is 2.24. The first-order valence-corrected chi connectivity index (χ1v) is 7.33. The molecule has 4 heteroatoms. The number of hydrogen-bond acceptors (Lipinski definition) is 2. The Morgan fingerprint density at radius 2 is 1.91 bits per heavy atom. The summed E-state index contributed by atoms with van der Waals surface area (Å²) in [6, 6.07) is 13.7. The third-order valence-electron chi connectivity index (χ3n) is 3.69. The number of halogens is 1. The molecule has 22 heavy (non-hydrogen) atoms. The largest absolute Gasteiger partial charge is 0.348 e. The summed E-state index contributed by atoms with van der Waals surface area (Å²) in [7, 11) is 0. The fourth-order valence-corrected chi connectivity index (χ4v) is 2.24. The second-order valence-electron chi connectivity index (χ2n) is 5.54. The Hall–Kier alpha value is -2.20. The molecule has 0 saturated carbocycles.